The Morgan fingerprint density at radius 3 is 2.72 bits per heavy atom. The van der Waals surface area contributed by atoms with Crippen LogP contribution in [0, 0.1) is 9.39 Å². The van der Waals surface area contributed by atoms with Gasteiger partial charge in [-0.1, -0.05) is 11.6 Å². The quantitative estimate of drug-likeness (QED) is 0.641. The Labute approximate surface area is 122 Å². The SMILES string of the molecule is O=C(Nc1ccc(F)cc1I)c1ccc(Cl)nc1. The number of benzene rings is 1. The van der Waals surface area contributed by atoms with E-state index in [9.17, 15) is 9.18 Å². The van der Waals surface area contributed by atoms with E-state index in [1.54, 1.807) is 6.07 Å². The molecule has 0 aliphatic carbocycles. The molecule has 0 bridgehead atoms. The lowest BCUT2D eigenvalue weighted by molar-refractivity contribution is 0.102. The van der Waals surface area contributed by atoms with Gasteiger partial charge in [0, 0.05) is 9.77 Å². The molecule has 0 radical (unpaired) electrons. The van der Waals surface area contributed by atoms with Gasteiger partial charge in [-0.2, -0.15) is 0 Å². The number of hydrogen-bond donors (Lipinski definition) is 1. The van der Waals surface area contributed by atoms with Crippen molar-refractivity contribution in [2.24, 2.45) is 0 Å². The molecule has 0 aliphatic heterocycles. The van der Waals surface area contributed by atoms with Crippen LogP contribution in [0.4, 0.5) is 10.1 Å². The fraction of sp³-hybridized carbons (Fsp3) is 0. The van der Waals surface area contributed by atoms with E-state index in [0.717, 1.165) is 0 Å². The topological polar surface area (TPSA) is 42.0 Å². The lowest BCUT2D eigenvalue weighted by atomic mass is 10.2. The minimum atomic E-state index is -0.342. The summed E-state index contributed by atoms with van der Waals surface area (Å²) in [5.74, 6) is -0.658. The summed E-state index contributed by atoms with van der Waals surface area (Å²) in [6.45, 7) is 0. The fourth-order valence-electron chi connectivity index (χ4n) is 1.30. The smallest absolute Gasteiger partial charge is 0.257 e. The molecule has 6 heteroatoms. The summed E-state index contributed by atoms with van der Waals surface area (Å²) in [5, 5.41) is 3.00. The molecule has 1 amide bonds. The van der Waals surface area contributed by atoms with Crippen LogP contribution in [0.1, 0.15) is 10.4 Å². The van der Waals surface area contributed by atoms with Crippen molar-refractivity contribution in [1.29, 1.82) is 0 Å². The average molecular weight is 377 g/mol. The highest BCUT2D eigenvalue weighted by molar-refractivity contribution is 14.1. The van der Waals surface area contributed by atoms with E-state index < -0.39 is 0 Å². The van der Waals surface area contributed by atoms with Gasteiger partial charge >= 0.3 is 0 Å². The van der Waals surface area contributed by atoms with E-state index in [2.05, 4.69) is 10.3 Å². The molecule has 18 heavy (non-hydrogen) atoms. The average Bonchev–Trinajstić information content (AvgIpc) is 2.33. The van der Waals surface area contributed by atoms with Gasteiger partial charge in [-0.25, -0.2) is 9.37 Å². The monoisotopic (exact) mass is 376 g/mol. The number of anilines is 1. The van der Waals surface area contributed by atoms with Crippen LogP contribution < -0.4 is 5.32 Å². The molecule has 0 fully saturated rings. The molecule has 0 aliphatic rings. The van der Waals surface area contributed by atoms with Gasteiger partial charge in [-0.15, -0.1) is 0 Å². The molecule has 0 saturated heterocycles. The zero-order valence-corrected chi connectivity index (χ0v) is 11.9. The molecule has 2 rings (SSSR count). The zero-order valence-electron chi connectivity index (χ0n) is 8.95. The van der Waals surface area contributed by atoms with E-state index in [4.69, 9.17) is 11.6 Å². The van der Waals surface area contributed by atoms with Crippen molar-refractivity contribution in [2.75, 3.05) is 5.32 Å². The van der Waals surface area contributed by atoms with E-state index in [1.165, 1.54) is 30.5 Å². The Morgan fingerprint density at radius 2 is 2.11 bits per heavy atom. The highest BCUT2D eigenvalue weighted by Crippen LogP contribution is 2.19. The number of amides is 1. The number of pyridine rings is 1. The van der Waals surface area contributed by atoms with Gasteiger partial charge in [0.2, 0.25) is 0 Å². The molecule has 1 aromatic heterocycles. The molecule has 92 valence electrons. The predicted octanol–water partition coefficient (Wildman–Crippen LogP) is 3.73. The van der Waals surface area contributed by atoms with Crippen LogP contribution >= 0.6 is 34.2 Å². The van der Waals surface area contributed by atoms with Gasteiger partial charge in [-0.05, 0) is 52.9 Å². The first-order chi connectivity index (χ1) is 8.56. The van der Waals surface area contributed by atoms with E-state index in [1.807, 2.05) is 22.6 Å². The number of halogens is 3. The fourth-order valence-corrected chi connectivity index (χ4v) is 2.02. The van der Waals surface area contributed by atoms with Crippen molar-refractivity contribution in [1.82, 2.24) is 4.98 Å². The lowest BCUT2D eigenvalue weighted by Gasteiger charge is -2.07. The van der Waals surface area contributed by atoms with Crippen LogP contribution in [0.5, 0.6) is 0 Å². The molecule has 1 N–H and O–H groups in total. The molecule has 3 nitrogen and oxygen atoms in total. The predicted molar refractivity (Wildman–Crippen MR) is 76.3 cm³/mol. The first-order valence-corrected chi connectivity index (χ1v) is 6.40. The summed E-state index contributed by atoms with van der Waals surface area (Å²) in [6, 6.07) is 7.25. The molecular formula is C12H7ClFIN2O. The molecule has 0 saturated carbocycles. The molecule has 1 aromatic carbocycles. The Kier molecular flexibility index (Phi) is 4.13. The third-order valence-corrected chi connectivity index (χ3v) is 3.28. The third kappa shape index (κ3) is 3.17. The molecule has 0 atom stereocenters. The van der Waals surface area contributed by atoms with Gasteiger partial charge in [0.1, 0.15) is 11.0 Å². The highest BCUT2D eigenvalue weighted by Gasteiger charge is 2.09. The summed E-state index contributed by atoms with van der Waals surface area (Å²) in [6.07, 6.45) is 1.38. The van der Waals surface area contributed by atoms with E-state index in [0.29, 0.717) is 20.0 Å². The molecule has 0 unspecified atom stereocenters. The van der Waals surface area contributed by atoms with Crippen LogP contribution in [-0.2, 0) is 0 Å². The van der Waals surface area contributed by atoms with Gasteiger partial charge < -0.3 is 5.32 Å². The second-order valence-electron chi connectivity index (χ2n) is 3.45. The summed E-state index contributed by atoms with van der Waals surface area (Å²) < 4.78 is 13.5. The van der Waals surface area contributed by atoms with Crippen molar-refractivity contribution in [3.05, 3.63) is 56.6 Å². The van der Waals surface area contributed by atoms with Crippen LogP contribution in [0.3, 0.4) is 0 Å². The first-order valence-electron chi connectivity index (χ1n) is 4.94. The minimum Gasteiger partial charge on any atom is -0.321 e. The molecular weight excluding hydrogens is 370 g/mol. The lowest BCUT2D eigenvalue weighted by Crippen LogP contribution is -2.13. The second-order valence-corrected chi connectivity index (χ2v) is 5.00. The molecule has 0 spiro atoms. The Balaban J connectivity index is 2.18. The number of carbonyl (C=O) groups excluding carboxylic acids is 1. The summed E-state index contributed by atoms with van der Waals surface area (Å²) in [5.41, 5.74) is 0.941. The number of aromatic nitrogens is 1. The van der Waals surface area contributed by atoms with Crippen molar-refractivity contribution in [2.45, 2.75) is 0 Å². The summed E-state index contributed by atoms with van der Waals surface area (Å²) in [7, 11) is 0. The minimum absolute atomic E-state index is 0.316. The normalized spacial score (nSPS) is 10.2. The number of rotatable bonds is 2. The van der Waals surface area contributed by atoms with Crippen molar-refractivity contribution >= 4 is 45.8 Å². The highest BCUT2D eigenvalue weighted by atomic mass is 127. The summed E-state index contributed by atoms with van der Waals surface area (Å²) in [4.78, 5) is 15.7. The van der Waals surface area contributed by atoms with Crippen LogP contribution in [0.25, 0.3) is 0 Å². The standard InChI is InChI=1S/C12H7ClFIN2O/c13-11-4-1-7(6-16-11)12(18)17-10-3-2-8(14)5-9(10)15/h1-6H,(H,17,18). The van der Waals surface area contributed by atoms with Crippen molar-refractivity contribution in [3.63, 3.8) is 0 Å². The maximum Gasteiger partial charge on any atom is 0.257 e. The maximum absolute atomic E-state index is 12.9. The second kappa shape index (κ2) is 5.62. The van der Waals surface area contributed by atoms with Crippen molar-refractivity contribution < 1.29 is 9.18 Å². The molecule has 1 heterocycles. The summed E-state index contributed by atoms with van der Waals surface area (Å²) >= 11 is 7.59. The maximum atomic E-state index is 12.9. The van der Waals surface area contributed by atoms with Crippen LogP contribution in [0.15, 0.2) is 36.5 Å². The number of nitrogens with zero attached hydrogens (tertiary/aromatic N) is 1. The first kappa shape index (κ1) is 13.2. The Hall–Kier alpha value is -1.21. The van der Waals surface area contributed by atoms with Crippen molar-refractivity contribution in [3.8, 4) is 0 Å². The largest absolute Gasteiger partial charge is 0.321 e. The number of carbonyl (C=O) groups is 1. The van der Waals surface area contributed by atoms with Gasteiger partial charge in [0.05, 0.1) is 11.3 Å². The van der Waals surface area contributed by atoms with Gasteiger partial charge in [-0.3, -0.25) is 4.79 Å². The van der Waals surface area contributed by atoms with Crippen LogP contribution in [0.2, 0.25) is 5.15 Å². The Bertz CT molecular complexity index is 589. The van der Waals surface area contributed by atoms with Gasteiger partial charge in [0.25, 0.3) is 5.91 Å². The molecule has 2 aromatic rings. The van der Waals surface area contributed by atoms with Crippen LogP contribution in [-0.4, -0.2) is 10.9 Å². The Morgan fingerprint density at radius 1 is 1.33 bits per heavy atom. The van der Waals surface area contributed by atoms with E-state index in [-0.39, 0.29) is 11.7 Å². The number of nitrogens with one attached hydrogen (secondary N) is 1. The third-order valence-electron chi connectivity index (χ3n) is 2.17. The van der Waals surface area contributed by atoms with Gasteiger partial charge in [0.15, 0.2) is 0 Å². The number of hydrogen-bond acceptors (Lipinski definition) is 2. The zero-order chi connectivity index (χ0) is 13.1. The van der Waals surface area contributed by atoms with E-state index >= 15 is 0 Å².